The van der Waals surface area contributed by atoms with E-state index in [9.17, 15) is 0 Å². The molecule has 1 heterocycles. The maximum Gasteiger partial charge on any atom is 0.251 e. The van der Waals surface area contributed by atoms with Gasteiger partial charge in [-0.25, -0.2) is 0 Å². The standard InChI is InChI=1S/C27H31BO/c1-17(2)20-15-21(18(3)4)27(22(16-20)19(5)6)28-23-11-7-9-13-25(23)29-26-14-10-8-12-24(26)28/h7-19H,1-6H3. The first kappa shape index (κ1) is 19.8. The molecule has 0 amide bonds. The van der Waals surface area contributed by atoms with Crippen LogP contribution in [0.2, 0.25) is 0 Å². The Morgan fingerprint density at radius 1 is 0.621 bits per heavy atom. The van der Waals surface area contributed by atoms with Gasteiger partial charge in [-0.15, -0.1) is 0 Å². The van der Waals surface area contributed by atoms with E-state index in [1.807, 2.05) is 0 Å². The van der Waals surface area contributed by atoms with Crippen LogP contribution in [0.1, 0.15) is 76.0 Å². The molecule has 3 aromatic carbocycles. The van der Waals surface area contributed by atoms with Crippen LogP contribution >= 0.6 is 0 Å². The fourth-order valence-corrected chi connectivity index (χ4v) is 4.57. The zero-order chi connectivity index (χ0) is 20.7. The minimum atomic E-state index is 0.201. The molecule has 2 heteroatoms. The summed E-state index contributed by atoms with van der Waals surface area (Å²) in [7, 11) is 0. The number of fused-ring (bicyclic) bond motifs is 2. The number of benzene rings is 3. The molecule has 1 aliphatic heterocycles. The summed E-state index contributed by atoms with van der Waals surface area (Å²) in [5, 5.41) is 0. The van der Waals surface area contributed by atoms with E-state index in [2.05, 4.69) is 102 Å². The minimum absolute atomic E-state index is 0.201. The third-order valence-electron chi connectivity index (χ3n) is 6.15. The Morgan fingerprint density at radius 3 is 1.48 bits per heavy atom. The van der Waals surface area contributed by atoms with E-state index >= 15 is 0 Å². The van der Waals surface area contributed by atoms with E-state index in [-0.39, 0.29) is 6.71 Å². The summed E-state index contributed by atoms with van der Waals surface area (Å²) in [5.41, 5.74) is 8.39. The van der Waals surface area contributed by atoms with Crippen LogP contribution in [0.5, 0.6) is 11.5 Å². The predicted octanol–water partition coefficient (Wildman–Crippen LogP) is 5.68. The molecule has 0 unspecified atom stereocenters. The highest BCUT2D eigenvalue weighted by Crippen LogP contribution is 2.30. The lowest BCUT2D eigenvalue weighted by Crippen LogP contribution is -2.57. The molecule has 0 bridgehead atoms. The zero-order valence-corrected chi connectivity index (χ0v) is 18.5. The molecule has 0 saturated carbocycles. The number of para-hydroxylation sites is 2. The van der Waals surface area contributed by atoms with Crippen molar-refractivity contribution < 1.29 is 4.74 Å². The van der Waals surface area contributed by atoms with Gasteiger partial charge in [0.2, 0.25) is 0 Å². The average molecular weight is 382 g/mol. The first-order chi connectivity index (χ1) is 13.9. The number of hydrogen-bond acceptors (Lipinski definition) is 1. The third-order valence-corrected chi connectivity index (χ3v) is 6.15. The molecule has 0 aliphatic carbocycles. The molecule has 0 spiro atoms. The van der Waals surface area contributed by atoms with Crippen LogP contribution in [-0.4, -0.2) is 6.71 Å². The zero-order valence-electron chi connectivity index (χ0n) is 18.5. The molecule has 0 saturated heterocycles. The van der Waals surface area contributed by atoms with Gasteiger partial charge < -0.3 is 4.74 Å². The van der Waals surface area contributed by atoms with Crippen LogP contribution in [0.15, 0.2) is 60.7 Å². The quantitative estimate of drug-likeness (QED) is 0.413. The van der Waals surface area contributed by atoms with E-state index < -0.39 is 0 Å². The lowest BCUT2D eigenvalue weighted by molar-refractivity contribution is 0.487. The van der Waals surface area contributed by atoms with E-state index in [0.29, 0.717) is 17.8 Å². The van der Waals surface area contributed by atoms with Gasteiger partial charge in [0.25, 0.3) is 6.71 Å². The topological polar surface area (TPSA) is 9.23 Å². The van der Waals surface area contributed by atoms with Crippen LogP contribution in [0.4, 0.5) is 0 Å². The molecule has 3 aromatic rings. The van der Waals surface area contributed by atoms with Crippen LogP contribution in [-0.2, 0) is 0 Å². The SMILES string of the molecule is CC(C)c1cc(C(C)C)c(B2c3ccccc3Oc3ccccc32)c(C(C)C)c1. The monoisotopic (exact) mass is 382 g/mol. The summed E-state index contributed by atoms with van der Waals surface area (Å²) < 4.78 is 6.29. The van der Waals surface area contributed by atoms with E-state index in [4.69, 9.17) is 4.74 Å². The molecular formula is C27H31BO. The molecule has 148 valence electrons. The summed E-state index contributed by atoms with van der Waals surface area (Å²) in [4.78, 5) is 0. The second-order valence-corrected chi connectivity index (χ2v) is 9.19. The first-order valence-electron chi connectivity index (χ1n) is 10.9. The van der Waals surface area contributed by atoms with Crippen molar-refractivity contribution in [3.8, 4) is 11.5 Å². The Hall–Kier alpha value is -2.48. The average Bonchev–Trinajstić information content (AvgIpc) is 2.70. The summed E-state index contributed by atoms with van der Waals surface area (Å²) >= 11 is 0. The van der Waals surface area contributed by atoms with Gasteiger partial charge in [-0.2, -0.15) is 0 Å². The smallest absolute Gasteiger partial charge is 0.251 e. The summed E-state index contributed by atoms with van der Waals surface area (Å²) in [5.74, 6) is 3.40. The predicted molar refractivity (Wildman–Crippen MR) is 126 cm³/mol. The van der Waals surface area contributed by atoms with Gasteiger partial charge in [0.15, 0.2) is 0 Å². The maximum atomic E-state index is 6.29. The molecule has 0 fully saturated rings. The van der Waals surface area contributed by atoms with Gasteiger partial charge in [-0.1, -0.05) is 95.5 Å². The van der Waals surface area contributed by atoms with Gasteiger partial charge in [-0.3, -0.25) is 0 Å². The number of ether oxygens (including phenoxy) is 1. The normalized spacial score (nSPS) is 12.9. The molecular weight excluding hydrogens is 351 g/mol. The molecule has 0 radical (unpaired) electrons. The largest absolute Gasteiger partial charge is 0.458 e. The third kappa shape index (κ3) is 3.50. The highest BCUT2D eigenvalue weighted by Gasteiger charge is 2.36. The van der Waals surface area contributed by atoms with Crippen molar-refractivity contribution in [2.24, 2.45) is 0 Å². The molecule has 29 heavy (non-hydrogen) atoms. The van der Waals surface area contributed by atoms with E-state index in [0.717, 1.165) is 11.5 Å². The van der Waals surface area contributed by atoms with Crippen LogP contribution in [0, 0.1) is 0 Å². The van der Waals surface area contributed by atoms with Crippen molar-refractivity contribution in [1.82, 2.24) is 0 Å². The second-order valence-electron chi connectivity index (χ2n) is 9.19. The van der Waals surface area contributed by atoms with Crippen molar-refractivity contribution in [1.29, 1.82) is 0 Å². The summed E-state index contributed by atoms with van der Waals surface area (Å²) in [6, 6.07) is 22.0. The highest BCUT2D eigenvalue weighted by molar-refractivity contribution is 6.97. The number of hydrogen-bond donors (Lipinski definition) is 0. The molecule has 4 rings (SSSR count). The Bertz CT molecular complexity index is 958. The first-order valence-corrected chi connectivity index (χ1v) is 10.9. The summed E-state index contributed by atoms with van der Waals surface area (Å²) in [6.45, 7) is 14.1. The van der Waals surface area contributed by atoms with Crippen LogP contribution in [0.3, 0.4) is 0 Å². The van der Waals surface area contributed by atoms with Crippen LogP contribution < -0.4 is 21.1 Å². The Balaban J connectivity index is 2.07. The van der Waals surface area contributed by atoms with Gasteiger partial charge in [0.1, 0.15) is 11.5 Å². The van der Waals surface area contributed by atoms with E-state index in [1.54, 1.807) is 0 Å². The van der Waals surface area contributed by atoms with Gasteiger partial charge in [0.05, 0.1) is 0 Å². The van der Waals surface area contributed by atoms with Crippen molar-refractivity contribution >= 4 is 23.1 Å². The minimum Gasteiger partial charge on any atom is -0.458 e. The second kappa shape index (κ2) is 7.74. The maximum absolute atomic E-state index is 6.29. The molecule has 0 atom stereocenters. The van der Waals surface area contributed by atoms with Crippen molar-refractivity contribution in [2.45, 2.75) is 59.3 Å². The fourth-order valence-electron chi connectivity index (χ4n) is 4.57. The van der Waals surface area contributed by atoms with Crippen molar-refractivity contribution in [2.75, 3.05) is 0 Å². The fraction of sp³-hybridized carbons (Fsp3) is 0.333. The molecule has 0 aromatic heterocycles. The molecule has 0 N–H and O–H groups in total. The highest BCUT2D eigenvalue weighted by atomic mass is 16.5. The lowest BCUT2D eigenvalue weighted by Gasteiger charge is -2.32. The lowest BCUT2D eigenvalue weighted by atomic mass is 9.34. The molecule has 1 nitrogen and oxygen atoms in total. The van der Waals surface area contributed by atoms with Crippen LogP contribution in [0.25, 0.3) is 0 Å². The number of rotatable bonds is 4. The van der Waals surface area contributed by atoms with Gasteiger partial charge in [-0.05, 0) is 57.5 Å². The Labute approximate surface area is 176 Å². The van der Waals surface area contributed by atoms with Crippen molar-refractivity contribution in [3.05, 3.63) is 77.4 Å². The Morgan fingerprint density at radius 2 is 1.07 bits per heavy atom. The van der Waals surface area contributed by atoms with Gasteiger partial charge in [0, 0.05) is 0 Å². The molecule has 1 aliphatic rings. The van der Waals surface area contributed by atoms with Crippen molar-refractivity contribution in [3.63, 3.8) is 0 Å². The van der Waals surface area contributed by atoms with E-state index in [1.165, 1.54) is 33.1 Å². The Kier molecular flexibility index (Phi) is 5.29. The van der Waals surface area contributed by atoms with Gasteiger partial charge >= 0.3 is 0 Å². The summed E-state index contributed by atoms with van der Waals surface area (Å²) in [6.07, 6.45) is 0.